The second kappa shape index (κ2) is 8.37. The summed E-state index contributed by atoms with van der Waals surface area (Å²) in [4.78, 5) is 5.03. The zero-order valence-corrected chi connectivity index (χ0v) is 22.6. The van der Waals surface area contributed by atoms with E-state index in [0.717, 1.165) is 38.9 Å². The molecule has 4 heterocycles. The molecule has 3 aliphatic heterocycles. The van der Waals surface area contributed by atoms with E-state index in [1.165, 1.54) is 40.7 Å². The Labute approximate surface area is 201 Å². The molecule has 2 aromatic rings. The quantitative estimate of drug-likeness (QED) is 0.605. The van der Waals surface area contributed by atoms with Crippen LogP contribution in [0.3, 0.4) is 0 Å². The summed E-state index contributed by atoms with van der Waals surface area (Å²) in [6, 6.07) is 10.3. The van der Waals surface area contributed by atoms with Gasteiger partial charge in [-0.05, 0) is 79.0 Å². The van der Waals surface area contributed by atoms with Crippen molar-refractivity contribution in [2.75, 3.05) is 33.2 Å². The van der Waals surface area contributed by atoms with Crippen LogP contribution in [0.2, 0.25) is 18.1 Å². The molecule has 1 aromatic carbocycles. The highest BCUT2D eigenvalue weighted by atomic mass is 28.3. The number of likely N-dealkylation sites (N-methyl/N-ethyl adjacent to an activating group) is 1. The molecular formula is C28H43N3OSi. The van der Waals surface area contributed by atoms with E-state index in [-0.39, 0.29) is 11.1 Å². The number of hydrogen-bond donors (Lipinski definition) is 1. The predicted molar refractivity (Wildman–Crippen MR) is 143 cm³/mol. The first-order valence-corrected chi connectivity index (χ1v) is 16.0. The predicted octanol–water partition coefficient (Wildman–Crippen LogP) is 5.53. The minimum Gasteiger partial charge on any atom is -0.393 e. The lowest BCUT2D eigenvalue weighted by Gasteiger charge is -2.40. The second-order valence-electron chi connectivity index (χ2n) is 12.4. The zero-order valence-electron chi connectivity index (χ0n) is 21.6. The number of aliphatic hydroxyl groups excluding tert-OH is 1. The molecule has 0 saturated carbocycles. The molecule has 0 amide bonds. The van der Waals surface area contributed by atoms with E-state index in [2.05, 4.69) is 85.3 Å². The maximum absolute atomic E-state index is 10.3. The van der Waals surface area contributed by atoms with Crippen LogP contribution >= 0.6 is 0 Å². The van der Waals surface area contributed by atoms with Crippen LogP contribution in [0.4, 0.5) is 0 Å². The minimum absolute atomic E-state index is 0.127. The van der Waals surface area contributed by atoms with Crippen molar-refractivity contribution in [3.05, 3.63) is 41.6 Å². The molecular weight excluding hydrogens is 422 g/mol. The van der Waals surface area contributed by atoms with Gasteiger partial charge in [-0.15, -0.1) is 0 Å². The largest absolute Gasteiger partial charge is 0.393 e. The van der Waals surface area contributed by atoms with E-state index >= 15 is 0 Å². The summed E-state index contributed by atoms with van der Waals surface area (Å²) < 4.78 is 2.77. The summed E-state index contributed by atoms with van der Waals surface area (Å²) >= 11 is 0. The molecule has 0 bridgehead atoms. The van der Waals surface area contributed by atoms with Gasteiger partial charge < -0.3 is 14.2 Å². The van der Waals surface area contributed by atoms with Crippen molar-refractivity contribution in [2.24, 2.45) is 0 Å². The van der Waals surface area contributed by atoms with Crippen molar-refractivity contribution in [3.8, 4) is 0 Å². The van der Waals surface area contributed by atoms with Gasteiger partial charge in [-0.25, -0.2) is 0 Å². The van der Waals surface area contributed by atoms with Crippen molar-refractivity contribution < 1.29 is 5.11 Å². The van der Waals surface area contributed by atoms with E-state index in [0.29, 0.717) is 12.0 Å². The number of aliphatic hydroxyl groups is 1. The molecule has 0 spiro atoms. The molecule has 5 heteroatoms. The van der Waals surface area contributed by atoms with E-state index in [1.807, 2.05) is 0 Å². The third-order valence-corrected chi connectivity index (χ3v) is 14.6. The van der Waals surface area contributed by atoms with Gasteiger partial charge in [0.05, 0.1) is 6.10 Å². The van der Waals surface area contributed by atoms with Crippen molar-refractivity contribution in [1.82, 2.24) is 14.0 Å². The van der Waals surface area contributed by atoms with Gasteiger partial charge in [0.2, 0.25) is 0 Å². The van der Waals surface area contributed by atoms with Gasteiger partial charge in [0.1, 0.15) is 0 Å². The first kappa shape index (κ1) is 23.3. The molecule has 0 radical (unpaired) electrons. The van der Waals surface area contributed by atoms with Crippen molar-refractivity contribution >= 4 is 24.7 Å². The Morgan fingerprint density at radius 2 is 1.79 bits per heavy atom. The Kier molecular flexibility index (Phi) is 5.92. The first-order valence-electron chi connectivity index (χ1n) is 13.0. The highest BCUT2D eigenvalue weighted by Gasteiger charge is 2.41. The lowest BCUT2D eigenvalue weighted by atomic mass is 9.86. The Balaban J connectivity index is 1.60. The fourth-order valence-electron chi connectivity index (χ4n) is 6.25. The zero-order chi connectivity index (χ0) is 23.5. The SMILES string of the molecule is CN1CC=C(c2cc3cc([C@H]4CCN5CC[C@@H](O)C[C@@H]45)ccc3n2[Si](C)(C)C(C)(C)C)CC1. The van der Waals surface area contributed by atoms with Crippen molar-refractivity contribution in [1.29, 1.82) is 0 Å². The van der Waals surface area contributed by atoms with Crippen LogP contribution < -0.4 is 0 Å². The molecule has 5 rings (SSSR count). The van der Waals surface area contributed by atoms with Crippen LogP contribution in [0.5, 0.6) is 0 Å². The van der Waals surface area contributed by atoms with Gasteiger partial charge >= 0.3 is 0 Å². The third kappa shape index (κ3) is 4.05. The van der Waals surface area contributed by atoms with E-state index < -0.39 is 8.24 Å². The standard InChI is InChI=1S/C28H43N3OSi/c1-28(2,3)33(5,6)31-25-8-7-21(24-12-16-30-15-11-23(32)19-27(24)30)17-22(25)18-26(31)20-9-13-29(4)14-10-20/h7-9,17-18,23-24,27,32H,10-16,19H2,1-6H3/t23-,24-,27+/m1/s1. The molecule has 2 saturated heterocycles. The highest BCUT2D eigenvalue weighted by molar-refractivity contribution is 6.79. The van der Waals surface area contributed by atoms with Crippen LogP contribution in [0.1, 0.15) is 63.6 Å². The van der Waals surface area contributed by atoms with Crippen molar-refractivity contribution in [2.45, 2.75) is 82.7 Å². The summed E-state index contributed by atoms with van der Waals surface area (Å²) in [5.41, 5.74) is 5.88. The number of aromatic nitrogens is 1. The van der Waals surface area contributed by atoms with Crippen LogP contribution in [-0.4, -0.2) is 72.7 Å². The summed E-state index contributed by atoms with van der Waals surface area (Å²) in [7, 11) is 0.414. The maximum Gasteiger partial charge on any atom is 0.161 e. The lowest BCUT2D eigenvalue weighted by Crippen LogP contribution is -2.46. The fraction of sp³-hybridized carbons (Fsp3) is 0.643. The number of fused-ring (bicyclic) bond motifs is 2. The summed E-state index contributed by atoms with van der Waals surface area (Å²) in [6.45, 7) is 16.8. The number of piperidine rings is 1. The van der Waals surface area contributed by atoms with Crippen LogP contribution in [0, 0.1) is 0 Å². The maximum atomic E-state index is 10.3. The lowest BCUT2D eigenvalue weighted by molar-refractivity contribution is 0.0578. The average molecular weight is 466 g/mol. The molecule has 1 N–H and O–H groups in total. The summed E-state index contributed by atoms with van der Waals surface area (Å²) in [5.74, 6) is 0.548. The summed E-state index contributed by atoms with van der Waals surface area (Å²) in [5, 5.41) is 12.0. The van der Waals surface area contributed by atoms with Gasteiger partial charge in [0.25, 0.3) is 0 Å². The number of nitrogens with zero attached hydrogens (tertiary/aromatic N) is 3. The number of hydrogen-bond acceptors (Lipinski definition) is 3. The monoisotopic (exact) mass is 465 g/mol. The molecule has 3 aliphatic rings. The normalized spacial score (nSPS) is 27.7. The first-order chi connectivity index (χ1) is 15.6. The minimum atomic E-state index is -1.80. The van der Waals surface area contributed by atoms with Gasteiger partial charge in [-0.2, -0.15) is 0 Å². The van der Waals surface area contributed by atoms with Crippen LogP contribution in [-0.2, 0) is 0 Å². The number of benzene rings is 1. The van der Waals surface area contributed by atoms with Gasteiger partial charge in [0, 0.05) is 42.8 Å². The van der Waals surface area contributed by atoms with E-state index in [9.17, 15) is 5.11 Å². The Hall–Kier alpha value is -1.40. The van der Waals surface area contributed by atoms with E-state index in [1.54, 1.807) is 0 Å². The molecule has 0 aliphatic carbocycles. The Bertz CT molecular complexity index is 1060. The third-order valence-electron chi connectivity index (χ3n) is 9.31. The smallest absolute Gasteiger partial charge is 0.161 e. The van der Waals surface area contributed by atoms with Crippen LogP contribution in [0.15, 0.2) is 30.3 Å². The van der Waals surface area contributed by atoms with Gasteiger partial charge in [-0.3, -0.25) is 4.90 Å². The van der Waals surface area contributed by atoms with Gasteiger partial charge in [0.15, 0.2) is 8.24 Å². The highest BCUT2D eigenvalue weighted by Crippen LogP contribution is 2.44. The molecule has 4 nitrogen and oxygen atoms in total. The van der Waals surface area contributed by atoms with E-state index in [4.69, 9.17) is 0 Å². The number of rotatable bonds is 3. The molecule has 2 fully saturated rings. The Morgan fingerprint density at radius 3 is 2.48 bits per heavy atom. The van der Waals surface area contributed by atoms with Gasteiger partial charge in [-0.1, -0.05) is 46.0 Å². The summed E-state index contributed by atoms with van der Waals surface area (Å²) in [6.07, 6.45) is 6.55. The molecule has 180 valence electrons. The Morgan fingerprint density at radius 1 is 1.03 bits per heavy atom. The molecule has 33 heavy (non-hydrogen) atoms. The molecule has 0 unspecified atom stereocenters. The fourth-order valence-corrected chi connectivity index (χ4v) is 8.54. The second-order valence-corrected chi connectivity index (χ2v) is 17.5. The van der Waals surface area contributed by atoms with Crippen LogP contribution in [0.25, 0.3) is 16.5 Å². The molecule has 3 atom stereocenters. The topological polar surface area (TPSA) is 31.6 Å². The average Bonchev–Trinajstić information content (AvgIpc) is 3.34. The van der Waals surface area contributed by atoms with Crippen molar-refractivity contribution in [3.63, 3.8) is 0 Å². The molecule has 1 aromatic heterocycles.